The number of para-hydroxylation sites is 1. The minimum absolute atomic E-state index is 0.119. The second-order valence-electron chi connectivity index (χ2n) is 9.15. The van der Waals surface area contributed by atoms with Crippen molar-refractivity contribution in [3.05, 3.63) is 64.7 Å². The van der Waals surface area contributed by atoms with Crippen molar-refractivity contribution >= 4 is 23.4 Å². The van der Waals surface area contributed by atoms with Crippen molar-refractivity contribution in [2.24, 2.45) is 0 Å². The van der Waals surface area contributed by atoms with Gasteiger partial charge in [0.15, 0.2) is 6.61 Å². The van der Waals surface area contributed by atoms with Gasteiger partial charge in [0, 0.05) is 17.6 Å². The highest BCUT2D eigenvalue weighted by Crippen LogP contribution is 2.26. The molecule has 5 nitrogen and oxygen atoms in total. The summed E-state index contributed by atoms with van der Waals surface area (Å²) < 4.78 is 5.93. The maximum absolute atomic E-state index is 13.3. The van der Waals surface area contributed by atoms with Crippen LogP contribution in [-0.2, 0) is 16.1 Å². The molecule has 1 saturated carbocycles. The molecule has 178 valence electrons. The number of hydrogen-bond donors (Lipinski definition) is 1. The number of carbonyl (C=O) groups is 2. The zero-order chi connectivity index (χ0) is 23.8. The Balaban J connectivity index is 1.73. The lowest BCUT2D eigenvalue weighted by molar-refractivity contribution is -0.142. The number of carbonyl (C=O) groups excluding carboxylic acids is 2. The Morgan fingerprint density at radius 2 is 1.70 bits per heavy atom. The highest BCUT2D eigenvalue weighted by Gasteiger charge is 2.28. The van der Waals surface area contributed by atoms with Crippen LogP contribution in [0.2, 0.25) is 5.02 Å². The molecule has 2 amide bonds. The molecule has 0 bridgehead atoms. The summed E-state index contributed by atoms with van der Waals surface area (Å²) in [6, 6.07) is 14.7. The number of hydrogen-bond acceptors (Lipinski definition) is 3. The Bertz CT molecular complexity index is 923. The molecule has 0 aliphatic heterocycles. The van der Waals surface area contributed by atoms with Gasteiger partial charge in [-0.3, -0.25) is 9.59 Å². The van der Waals surface area contributed by atoms with Crippen LogP contribution in [0.1, 0.15) is 69.9 Å². The molecule has 3 rings (SSSR count). The zero-order valence-corrected chi connectivity index (χ0v) is 20.6. The predicted molar refractivity (Wildman–Crippen MR) is 133 cm³/mol. The van der Waals surface area contributed by atoms with Crippen molar-refractivity contribution < 1.29 is 14.3 Å². The average molecular weight is 471 g/mol. The first kappa shape index (κ1) is 25.1. The molecule has 1 N–H and O–H groups in total. The van der Waals surface area contributed by atoms with Crippen LogP contribution in [0.15, 0.2) is 48.5 Å². The molecule has 0 saturated heterocycles. The van der Waals surface area contributed by atoms with Crippen LogP contribution in [-0.4, -0.2) is 35.4 Å². The van der Waals surface area contributed by atoms with Gasteiger partial charge >= 0.3 is 0 Å². The molecule has 33 heavy (non-hydrogen) atoms. The van der Waals surface area contributed by atoms with Crippen molar-refractivity contribution in [1.82, 2.24) is 10.2 Å². The summed E-state index contributed by atoms with van der Waals surface area (Å²) in [5.74, 6) is 0.634. The first-order chi connectivity index (χ1) is 15.8. The molecule has 2 aromatic carbocycles. The third-order valence-electron chi connectivity index (χ3n) is 6.28. The van der Waals surface area contributed by atoms with Crippen molar-refractivity contribution in [2.45, 2.75) is 77.4 Å². The van der Waals surface area contributed by atoms with E-state index in [1.807, 2.05) is 36.4 Å². The van der Waals surface area contributed by atoms with Crippen LogP contribution in [0.5, 0.6) is 5.75 Å². The van der Waals surface area contributed by atoms with Crippen molar-refractivity contribution in [2.75, 3.05) is 6.61 Å². The molecule has 1 aliphatic carbocycles. The Morgan fingerprint density at radius 1 is 1.03 bits per heavy atom. The van der Waals surface area contributed by atoms with Crippen LogP contribution in [0.25, 0.3) is 0 Å². The fraction of sp³-hybridized carbons (Fsp3) is 0.481. The second-order valence-corrected chi connectivity index (χ2v) is 9.59. The van der Waals surface area contributed by atoms with E-state index in [0.717, 1.165) is 36.8 Å². The van der Waals surface area contributed by atoms with E-state index < -0.39 is 6.04 Å². The van der Waals surface area contributed by atoms with Crippen molar-refractivity contribution in [1.29, 1.82) is 0 Å². The number of halogens is 1. The normalized spacial score (nSPS) is 15.2. The SMILES string of the molecule is CC(C)c1ccccc1OCC(=O)N(Cc1ccc(Cl)cc1)[C@H](C)C(=O)NC1CCCCC1. The summed E-state index contributed by atoms with van der Waals surface area (Å²) in [5, 5.41) is 3.78. The van der Waals surface area contributed by atoms with Crippen molar-refractivity contribution in [3.8, 4) is 5.75 Å². The summed E-state index contributed by atoms with van der Waals surface area (Å²) in [5.41, 5.74) is 1.96. The van der Waals surface area contributed by atoms with Crippen LogP contribution >= 0.6 is 11.6 Å². The summed E-state index contributed by atoms with van der Waals surface area (Å²) in [7, 11) is 0. The van der Waals surface area contributed by atoms with Crippen LogP contribution in [0.4, 0.5) is 0 Å². The van der Waals surface area contributed by atoms with E-state index >= 15 is 0 Å². The minimum atomic E-state index is -0.612. The first-order valence-corrected chi connectivity index (χ1v) is 12.3. The maximum Gasteiger partial charge on any atom is 0.261 e. The maximum atomic E-state index is 13.3. The van der Waals surface area contributed by atoms with Gasteiger partial charge in [-0.05, 0) is 55.0 Å². The molecule has 0 unspecified atom stereocenters. The lowest BCUT2D eigenvalue weighted by Crippen LogP contribution is -2.51. The quantitative estimate of drug-likeness (QED) is 0.510. The predicted octanol–water partition coefficient (Wildman–Crippen LogP) is 5.71. The monoisotopic (exact) mass is 470 g/mol. The minimum Gasteiger partial charge on any atom is -0.483 e. The number of rotatable bonds is 9. The standard InChI is InChI=1S/C27H35ClN2O3/c1-19(2)24-11-7-8-12-25(24)33-18-26(31)30(17-21-13-15-22(28)16-14-21)20(3)27(32)29-23-9-5-4-6-10-23/h7-8,11-16,19-20,23H,4-6,9-10,17-18H2,1-3H3,(H,29,32)/t20-/m1/s1. The lowest BCUT2D eigenvalue weighted by Gasteiger charge is -2.31. The Morgan fingerprint density at radius 3 is 2.36 bits per heavy atom. The summed E-state index contributed by atoms with van der Waals surface area (Å²) in [6.45, 7) is 6.15. The molecule has 0 heterocycles. The van der Waals surface area contributed by atoms with Crippen LogP contribution < -0.4 is 10.1 Å². The van der Waals surface area contributed by atoms with Gasteiger partial charge in [0.2, 0.25) is 5.91 Å². The Hall–Kier alpha value is -2.53. The zero-order valence-electron chi connectivity index (χ0n) is 19.9. The molecule has 6 heteroatoms. The van der Waals surface area contributed by atoms with Crippen LogP contribution in [0, 0.1) is 0 Å². The summed E-state index contributed by atoms with van der Waals surface area (Å²) in [4.78, 5) is 28.0. The molecular weight excluding hydrogens is 436 g/mol. The van der Waals surface area contributed by atoms with Gasteiger partial charge in [-0.2, -0.15) is 0 Å². The third-order valence-corrected chi connectivity index (χ3v) is 6.53. The second kappa shape index (κ2) is 12.1. The van der Waals surface area contributed by atoms with E-state index in [1.165, 1.54) is 6.42 Å². The Kier molecular flexibility index (Phi) is 9.19. The van der Waals surface area contributed by atoms with Gasteiger partial charge in [-0.1, -0.05) is 75.0 Å². The van der Waals surface area contributed by atoms with Gasteiger partial charge in [0.05, 0.1) is 0 Å². The fourth-order valence-corrected chi connectivity index (χ4v) is 4.38. The fourth-order valence-electron chi connectivity index (χ4n) is 4.25. The molecule has 1 aliphatic rings. The Labute approximate surface area is 202 Å². The molecular formula is C27H35ClN2O3. The highest BCUT2D eigenvalue weighted by molar-refractivity contribution is 6.30. The number of ether oxygens (including phenoxy) is 1. The topological polar surface area (TPSA) is 58.6 Å². The summed E-state index contributed by atoms with van der Waals surface area (Å²) >= 11 is 6.03. The number of benzene rings is 2. The number of nitrogens with one attached hydrogen (secondary N) is 1. The number of nitrogens with zero attached hydrogens (tertiary/aromatic N) is 1. The van der Waals surface area contributed by atoms with E-state index in [1.54, 1.807) is 24.0 Å². The molecule has 1 atom stereocenters. The van der Waals surface area contributed by atoms with E-state index in [4.69, 9.17) is 16.3 Å². The van der Waals surface area contributed by atoms with E-state index in [9.17, 15) is 9.59 Å². The molecule has 1 fully saturated rings. The molecule has 0 radical (unpaired) electrons. The lowest BCUT2D eigenvalue weighted by atomic mass is 9.95. The largest absolute Gasteiger partial charge is 0.483 e. The van der Waals surface area contributed by atoms with Gasteiger partial charge in [0.25, 0.3) is 5.91 Å². The van der Waals surface area contributed by atoms with Crippen LogP contribution in [0.3, 0.4) is 0 Å². The van der Waals surface area contributed by atoms with E-state index in [2.05, 4.69) is 19.2 Å². The average Bonchev–Trinajstić information content (AvgIpc) is 2.82. The first-order valence-electron chi connectivity index (χ1n) is 11.9. The van der Waals surface area contributed by atoms with E-state index in [-0.39, 0.29) is 30.4 Å². The molecule has 2 aromatic rings. The molecule has 0 aromatic heterocycles. The highest BCUT2D eigenvalue weighted by atomic mass is 35.5. The van der Waals surface area contributed by atoms with Gasteiger partial charge in [-0.25, -0.2) is 0 Å². The van der Waals surface area contributed by atoms with Gasteiger partial charge in [0.1, 0.15) is 11.8 Å². The smallest absolute Gasteiger partial charge is 0.261 e. The molecule has 0 spiro atoms. The third kappa shape index (κ3) is 7.23. The number of amides is 2. The summed E-state index contributed by atoms with van der Waals surface area (Å²) in [6.07, 6.45) is 5.49. The van der Waals surface area contributed by atoms with Gasteiger partial charge < -0.3 is 15.0 Å². The van der Waals surface area contributed by atoms with E-state index in [0.29, 0.717) is 17.3 Å². The van der Waals surface area contributed by atoms with Crippen molar-refractivity contribution in [3.63, 3.8) is 0 Å². The van der Waals surface area contributed by atoms with Gasteiger partial charge in [-0.15, -0.1) is 0 Å².